The first kappa shape index (κ1) is 16.6. The maximum absolute atomic E-state index is 12.5. The first-order valence-corrected chi connectivity index (χ1v) is 6.62. The number of nitrogens with zero attached hydrogens (tertiary/aromatic N) is 2. The lowest BCUT2D eigenvalue weighted by Gasteiger charge is -2.22. The van der Waals surface area contributed by atoms with E-state index in [1.54, 1.807) is 11.8 Å². The van der Waals surface area contributed by atoms with Gasteiger partial charge < -0.3 is 19.5 Å². The lowest BCUT2D eigenvalue weighted by Crippen LogP contribution is -2.34. The van der Waals surface area contributed by atoms with E-state index in [4.69, 9.17) is 14.7 Å². The zero-order valence-electron chi connectivity index (χ0n) is 12.7. The second-order valence-corrected chi connectivity index (χ2v) is 4.60. The Morgan fingerprint density at radius 3 is 2.29 bits per heavy atom. The van der Waals surface area contributed by atoms with Crippen LogP contribution in [0.25, 0.3) is 0 Å². The number of benzene rings is 1. The minimum Gasteiger partial charge on any atom is -0.502 e. The molecule has 1 aromatic rings. The first-order valence-electron chi connectivity index (χ1n) is 6.62. The van der Waals surface area contributed by atoms with Gasteiger partial charge in [-0.15, -0.1) is 0 Å². The van der Waals surface area contributed by atoms with Crippen LogP contribution in [0.3, 0.4) is 0 Å². The summed E-state index contributed by atoms with van der Waals surface area (Å²) in [6, 6.07) is 5.02. The Labute approximate surface area is 124 Å². The van der Waals surface area contributed by atoms with Crippen molar-refractivity contribution in [2.45, 2.75) is 13.8 Å². The van der Waals surface area contributed by atoms with Crippen molar-refractivity contribution in [1.29, 1.82) is 5.26 Å². The van der Waals surface area contributed by atoms with E-state index in [1.807, 2.05) is 6.92 Å². The van der Waals surface area contributed by atoms with E-state index in [9.17, 15) is 9.90 Å². The lowest BCUT2D eigenvalue weighted by atomic mass is 10.1. The predicted octanol–water partition coefficient (Wildman–Crippen LogP) is 2.03. The SMILES string of the molecule is CCN(CC(C)C#N)C(=O)c1cc(OC)c(O)c(OC)c1. The average molecular weight is 292 g/mol. The summed E-state index contributed by atoms with van der Waals surface area (Å²) in [5, 5.41) is 18.7. The van der Waals surface area contributed by atoms with Gasteiger partial charge in [0.05, 0.1) is 26.2 Å². The highest BCUT2D eigenvalue weighted by Crippen LogP contribution is 2.37. The van der Waals surface area contributed by atoms with Crippen molar-refractivity contribution in [2.24, 2.45) is 5.92 Å². The fourth-order valence-electron chi connectivity index (χ4n) is 1.93. The molecule has 1 rings (SSSR count). The number of rotatable bonds is 6. The fraction of sp³-hybridized carbons (Fsp3) is 0.467. The molecule has 0 bridgehead atoms. The van der Waals surface area contributed by atoms with Gasteiger partial charge in [-0.25, -0.2) is 0 Å². The van der Waals surface area contributed by atoms with Crippen LogP contribution < -0.4 is 9.47 Å². The number of hydrogen-bond acceptors (Lipinski definition) is 5. The summed E-state index contributed by atoms with van der Waals surface area (Å²) in [5.41, 5.74) is 0.341. The number of carbonyl (C=O) groups is 1. The smallest absolute Gasteiger partial charge is 0.254 e. The lowest BCUT2D eigenvalue weighted by molar-refractivity contribution is 0.0752. The van der Waals surface area contributed by atoms with Crippen LogP contribution in [-0.2, 0) is 0 Å². The van der Waals surface area contributed by atoms with Gasteiger partial charge in [0.2, 0.25) is 5.75 Å². The molecule has 0 radical (unpaired) electrons. The molecule has 6 heteroatoms. The Hall–Kier alpha value is -2.42. The van der Waals surface area contributed by atoms with Gasteiger partial charge >= 0.3 is 0 Å². The molecular weight excluding hydrogens is 272 g/mol. The van der Waals surface area contributed by atoms with Crippen molar-refractivity contribution >= 4 is 5.91 Å². The van der Waals surface area contributed by atoms with E-state index >= 15 is 0 Å². The molecule has 1 unspecified atom stereocenters. The Balaban J connectivity index is 3.14. The molecule has 0 fully saturated rings. The van der Waals surface area contributed by atoms with Gasteiger partial charge in [0.25, 0.3) is 5.91 Å². The molecule has 6 nitrogen and oxygen atoms in total. The summed E-state index contributed by atoms with van der Waals surface area (Å²) in [4.78, 5) is 14.1. The van der Waals surface area contributed by atoms with Crippen LogP contribution in [0.5, 0.6) is 17.2 Å². The monoisotopic (exact) mass is 292 g/mol. The molecule has 114 valence electrons. The summed E-state index contributed by atoms with van der Waals surface area (Å²) in [6.45, 7) is 4.43. The zero-order chi connectivity index (χ0) is 16.0. The number of nitriles is 1. The third kappa shape index (κ3) is 3.78. The molecule has 1 aromatic carbocycles. The highest BCUT2D eigenvalue weighted by atomic mass is 16.5. The number of carbonyl (C=O) groups excluding carboxylic acids is 1. The molecule has 0 aromatic heterocycles. The molecule has 1 N–H and O–H groups in total. The highest BCUT2D eigenvalue weighted by Gasteiger charge is 2.20. The summed E-state index contributed by atoms with van der Waals surface area (Å²) in [6.07, 6.45) is 0. The van der Waals surface area contributed by atoms with Crippen molar-refractivity contribution in [1.82, 2.24) is 4.90 Å². The average Bonchev–Trinajstić information content (AvgIpc) is 2.51. The molecule has 0 heterocycles. The maximum Gasteiger partial charge on any atom is 0.254 e. The minimum atomic E-state index is -0.255. The predicted molar refractivity (Wildman–Crippen MR) is 77.6 cm³/mol. The number of ether oxygens (including phenoxy) is 2. The van der Waals surface area contributed by atoms with E-state index < -0.39 is 0 Å². The highest BCUT2D eigenvalue weighted by molar-refractivity contribution is 5.95. The Morgan fingerprint density at radius 1 is 1.38 bits per heavy atom. The van der Waals surface area contributed by atoms with Crippen molar-refractivity contribution < 1.29 is 19.4 Å². The minimum absolute atomic E-state index is 0.148. The van der Waals surface area contributed by atoms with E-state index in [0.717, 1.165) is 0 Å². The standard InChI is InChI=1S/C15H20N2O4/c1-5-17(9-10(2)8-16)15(19)11-6-12(20-3)14(18)13(7-11)21-4/h6-7,10,18H,5,9H2,1-4H3. The molecule has 1 amide bonds. The maximum atomic E-state index is 12.5. The fourth-order valence-corrected chi connectivity index (χ4v) is 1.93. The van der Waals surface area contributed by atoms with Gasteiger partial charge in [-0.2, -0.15) is 5.26 Å². The quantitative estimate of drug-likeness (QED) is 0.867. The molecule has 1 atom stereocenters. The van der Waals surface area contributed by atoms with E-state index in [0.29, 0.717) is 18.7 Å². The first-order chi connectivity index (χ1) is 9.98. The van der Waals surface area contributed by atoms with E-state index in [2.05, 4.69) is 6.07 Å². The number of aromatic hydroxyl groups is 1. The number of phenols is 1. The molecule has 0 aliphatic rings. The number of hydrogen-bond donors (Lipinski definition) is 1. The van der Waals surface area contributed by atoms with Gasteiger partial charge in [0.1, 0.15) is 0 Å². The summed E-state index contributed by atoms with van der Waals surface area (Å²) >= 11 is 0. The van der Waals surface area contributed by atoms with Gasteiger partial charge in [-0.05, 0) is 26.0 Å². The zero-order valence-corrected chi connectivity index (χ0v) is 12.7. The van der Waals surface area contributed by atoms with Crippen LogP contribution in [0.2, 0.25) is 0 Å². The topological polar surface area (TPSA) is 82.8 Å². The largest absolute Gasteiger partial charge is 0.502 e. The van der Waals surface area contributed by atoms with Crippen LogP contribution in [0.1, 0.15) is 24.2 Å². The number of amides is 1. The number of phenolic OH excluding ortho intramolecular Hbond substituents is 1. The number of methoxy groups -OCH3 is 2. The van der Waals surface area contributed by atoms with Gasteiger partial charge in [-0.1, -0.05) is 0 Å². The van der Waals surface area contributed by atoms with Gasteiger partial charge in [0.15, 0.2) is 11.5 Å². The van der Waals surface area contributed by atoms with Gasteiger partial charge in [0, 0.05) is 18.7 Å². The van der Waals surface area contributed by atoms with Crippen LogP contribution in [0, 0.1) is 17.2 Å². The Bertz CT molecular complexity index is 526. The van der Waals surface area contributed by atoms with Crippen molar-refractivity contribution in [3.8, 4) is 23.3 Å². The van der Waals surface area contributed by atoms with Crippen molar-refractivity contribution in [2.75, 3.05) is 27.3 Å². The normalized spacial score (nSPS) is 11.4. The summed E-state index contributed by atoms with van der Waals surface area (Å²) < 4.78 is 10.1. The summed E-state index contributed by atoms with van der Waals surface area (Å²) in [5.74, 6) is -0.305. The van der Waals surface area contributed by atoms with Crippen LogP contribution in [-0.4, -0.2) is 43.2 Å². The van der Waals surface area contributed by atoms with E-state index in [1.165, 1.54) is 26.4 Å². The Kier molecular flexibility index (Phi) is 5.85. The van der Waals surface area contributed by atoms with E-state index in [-0.39, 0.29) is 29.1 Å². The molecule has 0 spiro atoms. The Morgan fingerprint density at radius 2 is 1.90 bits per heavy atom. The third-order valence-electron chi connectivity index (χ3n) is 3.11. The van der Waals surface area contributed by atoms with Crippen LogP contribution in [0.15, 0.2) is 12.1 Å². The van der Waals surface area contributed by atoms with Crippen LogP contribution in [0.4, 0.5) is 0 Å². The second-order valence-electron chi connectivity index (χ2n) is 4.60. The van der Waals surface area contributed by atoms with Crippen molar-refractivity contribution in [3.05, 3.63) is 17.7 Å². The van der Waals surface area contributed by atoms with Crippen molar-refractivity contribution in [3.63, 3.8) is 0 Å². The van der Waals surface area contributed by atoms with Crippen LogP contribution >= 0.6 is 0 Å². The molecule has 0 aliphatic heterocycles. The third-order valence-corrected chi connectivity index (χ3v) is 3.11. The second kappa shape index (κ2) is 7.39. The molecular formula is C15H20N2O4. The summed E-state index contributed by atoms with van der Waals surface area (Å²) in [7, 11) is 2.80. The molecule has 21 heavy (non-hydrogen) atoms. The molecule has 0 saturated carbocycles. The van der Waals surface area contributed by atoms with Gasteiger partial charge in [-0.3, -0.25) is 4.79 Å². The molecule has 0 saturated heterocycles. The molecule has 0 aliphatic carbocycles.